The van der Waals surface area contributed by atoms with E-state index < -0.39 is 5.60 Å². The molecule has 5 rings (SSSR count). The minimum absolute atomic E-state index is 0.0492. The largest absolute Gasteiger partial charge is 0.496 e. The van der Waals surface area contributed by atoms with E-state index in [9.17, 15) is 4.79 Å². The maximum atomic E-state index is 13.1. The van der Waals surface area contributed by atoms with E-state index in [0.717, 1.165) is 41.7 Å². The Labute approximate surface area is 146 Å². The molecule has 4 atom stereocenters. The third kappa shape index (κ3) is 2.25. The van der Waals surface area contributed by atoms with Crippen LogP contribution in [0.5, 0.6) is 5.75 Å². The second kappa shape index (κ2) is 5.41. The quantitative estimate of drug-likeness (QED) is 0.805. The summed E-state index contributed by atoms with van der Waals surface area (Å²) in [6.07, 6.45) is 2.40. The Bertz CT molecular complexity index is 845. The van der Waals surface area contributed by atoms with Crippen molar-refractivity contribution in [2.75, 3.05) is 7.11 Å². The average Bonchev–Trinajstić information content (AvgIpc) is 3.55. The van der Waals surface area contributed by atoms with Gasteiger partial charge in [0.15, 0.2) is 11.4 Å². The van der Waals surface area contributed by atoms with Crippen LogP contribution < -0.4 is 4.74 Å². The van der Waals surface area contributed by atoms with Gasteiger partial charge in [0, 0.05) is 11.1 Å². The van der Waals surface area contributed by atoms with Crippen LogP contribution in [0, 0.1) is 0 Å². The molecular formula is C21H20O4. The van der Waals surface area contributed by atoms with Crippen molar-refractivity contribution in [2.24, 2.45) is 0 Å². The lowest BCUT2D eigenvalue weighted by Gasteiger charge is -2.09. The zero-order chi connectivity index (χ0) is 17.0. The smallest absolute Gasteiger partial charge is 0.197 e. The summed E-state index contributed by atoms with van der Waals surface area (Å²) in [4.78, 5) is 13.1. The number of aryl methyl sites for hydroxylation is 1. The lowest BCUT2D eigenvalue weighted by atomic mass is 9.89. The van der Waals surface area contributed by atoms with Gasteiger partial charge in [-0.3, -0.25) is 4.79 Å². The number of hydrogen-bond donors (Lipinski definition) is 0. The van der Waals surface area contributed by atoms with E-state index in [1.54, 1.807) is 7.11 Å². The first-order valence-electron chi connectivity index (χ1n) is 8.83. The number of epoxide rings is 2. The second-order valence-corrected chi connectivity index (χ2v) is 7.03. The summed E-state index contributed by atoms with van der Waals surface area (Å²) in [7, 11) is 1.66. The minimum Gasteiger partial charge on any atom is -0.496 e. The van der Waals surface area contributed by atoms with Crippen LogP contribution in [-0.2, 0) is 15.9 Å². The predicted octanol–water partition coefficient (Wildman–Crippen LogP) is 3.49. The van der Waals surface area contributed by atoms with Crippen LogP contribution in [0.3, 0.4) is 0 Å². The molecule has 3 aliphatic rings. The topological polar surface area (TPSA) is 51.4 Å². The van der Waals surface area contributed by atoms with Crippen LogP contribution in [0.15, 0.2) is 48.5 Å². The lowest BCUT2D eigenvalue weighted by molar-refractivity contribution is 0.0867. The summed E-state index contributed by atoms with van der Waals surface area (Å²) in [5, 5.41) is 0. The molecule has 0 bridgehead atoms. The monoisotopic (exact) mass is 336 g/mol. The molecule has 2 saturated heterocycles. The molecule has 2 aromatic rings. The molecule has 0 unspecified atom stereocenters. The van der Waals surface area contributed by atoms with Crippen LogP contribution in [0.4, 0.5) is 0 Å². The number of hydrogen-bond acceptors (Lipinski definition) is 4. The Morgan fingerprint density at radius 1 is 1.12 bits per heavy atom. The average molecular weight is 336 g/mol. The van der Waals surface area contributed by atoms with Crippen molar-refractivity contribution in [1.29, 1.82) is 0 Å². The summed E-state index contributed by atoms with van der Waals surface area (Å²) in [6.45, 7) is 0. The molecule has 0 radical (unpaired) electrons. The number of carbonyl (C=O) groups is 1. The van der Waals surface area contributed by atoms with E-state index in [1.165, 1.54) is 0 Å². The van der Waals surface area contributed by atoms with Crippen LogP contribution in [0.25, 0.3) is 0 Å². The van der Waals surface area contributed by atoms with Gasteiger partial charge in [0.2, 0.25) is 0 Å². The summed E-state index contributed by atoms with van der Waals surface area (Å²) in [5.74, 6) is 0.946. The zero-order valence-corrected chi connectivity index (χ0v) is 14.1. The number of fused-ring (bicyclic) bond motifs is 1. The number of methoxy groups -OCH3 is 1. The van der Waals surface area contributed by atoms with Crippen molar-refractivity contribution in [2.45, 2.75) is 43.2 Å². The molecule has 0 saturated carbocycles. The van der Waals surface area contributed by atoms with Gasteiger partial charge in [-0.05, 0) is 30.9 Å². The minimum atomic E-state index is -0.686. The van der Waals surface area contributed by atoms with Gasteiger partial charge in [0.25, 0.3) is 0 Å². The number of ether oxygens (including phenoxy) is 3. The number of carbonyl (C=O) groups excluding carboxylic acids is 1. The van der Waals surface area contributed by atoms with E-state index in [1.807, 2.05) is 42.5 Å². The van der Waals surface area contributed by atoms with Crippen LogP contribution in [-0.4, -0.2) is 30.7 Å². The normalized spacial score (nSPS) is 32.8. The maximum absolute atomic E-state index is 13.1. The fourth-order valence-electron chi connectivity index (χ4n) is 4.26. The Balaban J connectivity index is 1.40. The first-order valence-corrected chi connectivity index (χ1v) is 8.83. The number of Topliss-reactive ketones (excluding diaryl/α,β-unsaturated/α-hetero) is 1. The summed E-state index contributed by atoms with van der Waals surface area (Å²) < 4.78 is 17.4. The number of ketones is 1. The molecule has 25 heavy (non-hydrogen) atoms. The van der Waals surface area contributed by atoms with Gasteiger partial charge < -0.3 is 14.2 Å². The van der Waals surface area contributed by atoms with Crippen LogP contribution >= 0.6 is 0 Å². The predicted molar refractivity (Wildman–Crippen MR) is 91.9 cm³/mol. The molecular weight excluding hydrogens is 316 g/mol. The molecule has 2 fully saturated rings. The Morgan fingerprint density at radius 3 is 2.80 bits per heavy atom. The van der Waals surface area contributed by atoms with Crippen LogP contribution in [0.2, 0.25) is 0 Å². The highest BCUT2D eigenvalue weighted by atomic mass is 16.7. The molecule has 1 spiro atoms. The number of rotatable bonds is 3. The molecule has 0 amide bonds. The van der Waals surface area contributed by atoms with E-state index in [-0.39, 0.29) is 24.1 Å². The molecule has 2 aromatic carbocycles. The second-order valence-electron chi connectivity index (χ2n) is 7.03. The SMILES string of the molecule is COc1ccccc1[C@@H]1O[C@H]1[C@H]1O[C@@]12CCCc1ccccc1C2=O. The van der Waals surface area contributed by atoms with Gasteiger partial charge in [-0.15, -0.1) is 0 Å². The van der Waals surface area contributed by atoms with Crippen molar-refractivity contribution in [3.8, 4) is 5.75 Å². The van der Waals surface area contributed by atoms with E-state index >= 15 is 0 Å². The highest BCUT2D eigenvalue weighted by molar-refractivity contribution is 6.06. The first kappa shape index (κ1) is 15.1. The Morgan fingerprint density at radius 2 is 1.92 bits per heavy atom. The fraction of sp³-hybridized carbons (Fsp3) is 0.381. The van der Waals surface area contributed by atoms with E-state index in [4.69, 9.17) is 14.2 Å². The number of para-hydroxylation sites is 1. The molecule has 0 N–H and O–H groups in total. The lowest BCUT2D eigenvalue weighted by Crippen LogP contribution is -2.29. The molecule has 128 valence electrons. The van der Waals surface area contributed by atoms with E-state index in [0.29, 0.717) is 0 Å². The van der Waals surface area contributed by atoms with Crippen molar-refractivity contribution in [3.05, 3.63) is 65.2 Å². The van der Waals surface area contributed by atoms with Crippen molar-refractivity contribution >= 4 is 5.78 Å². The molecule has 0 aromatic heterocycles. The van der Waals surface area contributed by atoms with Gasteiger partial charge in [-0.2, -0.15) is 0 Å². The Hall–Kier alpha value is -2.17. The highest BCUT2D eigenvalue weighted by Gasteiger charge is 2.71. The fourth-order valence-corrected chi connectivity index (χ4v) is 4.26. The molecule has 4 heteroatoms. The molecule has 4 nitrogen and oxygen atoms in total. The van der Waals surface area contributed by atoms with Gasteiger partial charge in [0.05, 0.1) is 7.11 Å². The van der Waals surface area contributed by atoms with Gasteiger partial charge >= 0.3 is 0 Å². The van der Waals surface area contributed by atoms with Crippen molar-refractivity contribution < 1.29 is 19.0 Å². The summed E-state index contributed by atoms with van der Waals surface area (Å²) in [6, 6.07) is 15.8. The van der Waals surface area contributed by atoms with Gasteiger partial charge in [0.1, 0.15) is 24.1 Å². The summed E-state index contributed by atoms with van der Waals surface area (Å²) >= 11 is 0. The van der Waals surface area contributed by atoms with Crippen LogP contribution in [0.1, 0.15) is 40.4 Å². The first-order chi connectivity index (χ1) is 12.2. The van der Waals surface area contributed by atoms with Gasteiger partial charge in [-0.1, -0.05) is 42.5 Å². The van der Waals surface area contributed by atoms with Crippen molar-refractivity contribution in [3.63, 3.8) is 0 Å². The van der Waals surface area contributed by atoms with Crippen molar-refractivity contribution in [1.82, 2.24) is 0 Å². The standard InChI is InChI=1S/C21H20O4/c1-23-16-11-5-4-10-15(16)17-18(24-17)20-21(25-20)12-6-8-13-7-2-3-9-14(13)19(21)22/h2-5,7,9-11,17-18,20H,6,8,12H2,1H3/t17-,18+,20+,21+/m0/s1. The molecule has 2 aliphatic heterocycles. The molecule has 2 heterocycles. The Kier molecular flexibility index (Phi) is 3.27. The summed E-state index contributed by atoms with van der Waals surface area (Å²) in [5.41, 5.74) is 2.30. The highest BCUT2D eigenvalue weighted by Crippen LogP contribution is 2.57. The number of benzene rings is 2. The maximum Gasteiger partial charge on any atom is 0.197 e. The van der Waals surface area contributed by atoms with Gasteiger partial charge in [-0.25, -0.2) is 0 Å². The van der Waals surface area contributed by atoms with E-state index in [2.05, 4.69) is 6.07 Å². The third-order valence-electron chi connectivity index (χ3n) is 5.65. The zero-order valence-electron chi connectivity index (χ0n) is 14.1. The molecule has 1 aliphatic carbocycles. The third-order valence-corrected chi connectivity index (χ3v) is 5.65.